The SMILES string of the molecule is CCCCNC(=O)Cn1c(CC)nc2c(c1=O)CN(Cc1ccccc1)CC2. The third-order valence-corrected chi connectivity index (χ3v) is 5.19. The van der Waals surface area contributed by atoms with Gasteiger partial charge in [-0.25, -0.2) is 4.98 Å². The fourth-order valence-electron chi connectivity index (χ4n) is 3.63. The molecule has 6 nitrogen and oxygen atoms in total. The molecule has 6 heteroatoms. The highest BCUT2D eigenvalue weighted by molar-refractivity contribution is 5.75. The maximum Gasteiger partial charge on any atom is 0.258 e. The van der Waals surface area contributed by atoms with Crippen molar-refractivity contribution in [3.8, 4) is 0 Å². The van der Waals surface area contributed by atoms with E-state index >= 15 is 0 Å². The maximum absolute atomic E-state index is 13.2. The van der Waals surface area contributed by atoms with Gasteiger partial charge in [-0.3, -0.25) is 19.1 Å². The third-order valence-electron chi connectivity index (χ3n) is 5.19. The molecule has 2 heterocycles. The molecule has 1 N–H and O–H groups in total. The zero-order valence-electron chi connectivity index (χ0n) is 16.9. The summed E-state index contributed by atoms with van der Waals surface area (Å²) in [5.41, 5.74) is 2.81. The second kappa shape index (κ2) is 9.64. The van der Waals surface area contributed by atoms with Crippen LogP contribution in [0.3, 0.4) is 0 Å². The van der Waals surface area contributed by atoms with Crippen LogP contribution >= 0.6 is 0 Å². The Morgan fingerprint density at radius 1 is 1.21 bits per heavy atom. The lowest BCUT2D eigenvalue weighted by Gasteiger charge is -2.28. The normalized spacial score (nSPS) is 13.9. The summed E-state index contributed by atoms with van der Waals surface area (Å²) in [5.74, 6) is 0.579. The van der Waals surface area contributed by atoms with E-state index in [4.69, 9.17) is 4.98 Å². The Morgan fingerprint density at radius 2 is 2.00 bits per heavy atom. The van der Waals surface area contributed by atoms with Gasteiger partial charge in [-0.05, 0) is 12.0 Å². The van der Waals surface area contributed by atoms with E-state index in [1.165, 1.54) is 5.56 Å². The number of carbonyl (C=O) groups excluding carboxylic acids is 1. The van der Waals surface area contributed by atoms with Crippen molar-refractivity contribution in [3.63, 3.8) is 0 Å². The fourth-order valence-corrected chi connectivity index (χ4v) is 3.63. The molecule has 0 spiro atoms. The first-order valence-electron chi connectivity index (χ1n) is 10.3. The predicted molar refractivity (Wildman–Crippen MR) is 110 cm³/mol. The van der Waals surface area contributed by atoms with Crippen molar-refractivity contribution in [3.05, 3.63) is 63.3 Å². The molecule has 3 rings (SSSR count). The fraction of sp³-hybridized carbons (Fsp3) is 0.500. The molecule has 1 aliphatic heterocycles. The van der Waals surface area contributed by atoms with Crippen LogP contribution in [0, 0.1) is 0 Å². The Kier molecular flexibility index (Phi) is 6.98. The summed E-state index contributed by atoms with van der Waals surface area (Å²) in [6, 6.07) is 10.3. The number of rotatable bonds is 8. The second-order valence-corrected chi connectivity index (χ2v) is 7.35. The first-order chi connectivity index (χ1) is 13.6. The van der Waals surface area contributed by atoms with E-state index in [1.807, 2.05) is 25.1 Å². The Bertz CT molecular complexity index is 861. The van der Waals surface area contributed by atoms with Gasteiger partial charge in [-0.15, -0.1) is 0 Å². The molecule has 2 aromatic rings. The molecule has 0 bridgehead atoms. The molecule has 0 atom stereocenters. The lowest BCUT2D eigenvalue weighted by molar-refractivity contribution is -0.121. The van der Waals surface area contributed by atoms with E-state index in [0.717, 1.165) is 43.6 Å². The average molecular weight is 383 g/mol. The molecule has 1 aliphatic rings. The topological polar surface area (TPSA) is 67.2 Å². The average Bonchev–Trinajstić information content (AvgIpc) is 2.71. The van der Waals surface area contributed by atoms with E-state index in [2.05, 4.69) is 29.3 Å². The summed E-state index contributed by atoms with van der Waals surface area (Å²) in [7, 11) is 0. The monoisotopic (exact) mass is 382 g/mol. The van der Waals surface area contributed by atoms with Gasteiger partial charge >= 0.3 is 0 Å². The number of benzene rings is 1. The number of hydrogen-bond acceptors (Lipinski definition) is 4. The van der Waals surface area contributed by atoms with Gasteiger partial charge in [0.2, 0.25) is 5.91 Å². The van der Waals surface area contributed by atoms with E-state index in [1.54, 1.807) is 4.57 Å². The molecule has 0 saturated carbocycles. The van der Waals surface area contributed by atoms with Gasteiger partial charge in [-0.1, -0.05) is 50.6 Å². The van der Waals surface area contributed by atoms with Crippen molar-refractivity contribution < 1.29 is 4.79 Å². The first-order valence-corrected chi connectivity index (χ1v) is 10.3. The van der Waals surface area contributed by atoms with E-state index in [-0.39, 0.29) is 18.0 Å². The number of aryl methyl sites for hydroxylation is 1. The molecule has 0 fully saturated rings. The quantitative estimate of drug-likeness (QED) is 0.712. The number of nitrogens with zero attached hydrogens (tertiary/aromatic N) is 3. The predicted octanol–water partition coefficient (Wildman–Crippen LogP) is 2.28. The van der Waals surface area contributed by atoms with E-state index in [0.29, 0.717) is 25.3 Å². The molecule has 0 radical (unpaired) electrons. The van der Waals surface area contributed by atoms with Crippen LogP contribution in [0.1, 0.15) is 49.3 Å². The molecule has 28 heavy (non-hydrogen) atoms. The molecule has 1 amide bonds. The summed E-state index contributed by atoms with van der Waals surface area (Å²) >= 11 is 0. The van der Waals surface area contributed by atoms with Crippen molar-refractivity contribution in [1.29, 1.82) is 0 Å². The molecular formula is C22H30N4O2. The summed E-state index contributed by atoms with van der Waals surface area (Å²) in [6.45, 7) is 7.04. The molecule has 1 aromatic heterocycles. The second-order valence-electron chi connectivity index (χ2n) is 7.35. The van der Waals surface area contributed by atoms with E-state index < -0.39 is 0 Å². The van der Waals surface area contributed by atoms with Crippen molar-refractivity contribution >= 4 is 5.91 Å². The van der Waals surface area contributed by atoms with Gasteiger partial charge in [0.25, 0.3) is 5.56 Å². The Balaban J connectivity index is 1.79. The van der Waals surface area contributed by atoms with Crippen LogP contribution < -0.4 is 10.9 Å². The number of aromatic nitrogens is 2. The largest absolute Gasteiger partial charge is 0.355 e. The summed E-state index contributed by atoms with van der Waals surface area (Å²) in [5, 5.41) is 2.90. The number of carbonyl (C=O) groups is 1. The van der Waals surface area contributed by atoms with Crippen LogP contribution in [0.15, 0.2) is 35.1 Å². The van der Waals surface area contributed by atoms with Gasteiger partial charge < -0.3 is 5.32 Å². The van der Waals surface area contributed by atoms with Crippen LogP contribution in [0.4, 0.5) is 0 Å². The van der Waals surface area contributed by atoms with Crippen molar-refractivity contribution in [2.45, 2.75) is 59.2 Å². The molecule has 1 aromatic carbocycles. The molecular weight excluding hydrogens is 352 g/mol. The first kappa shape index (κ1) is 20.3. The van der Waals surface area contributed by atoms with E-state index in [9.17, 15) is 9.59 Å². The molecule has 0 saturated heterocycles. The van der Waals surface area contributed by atoms with Crippen molar-refractivity contribution in [1.82, 2.24) is 19.8 Å². The third kappa shape index (κ3) is 4.87. The summed E-state index contributed by atoms with van der Waals surface area (Å²) < 4.78 is 1.56. The lowest BCUT2D eigenvalue weighted by Crippen LogP contribution is -2.41. The number of amides is 1. The number of fused-ring (bicyclic) bond motifs is 1. The Labute approximate surface area is 166 Å². The van der Waals surface area contributed by atoms with Crippen LogP contribution in [0.5, 0.6) is 0 Å². The highest BCUT2D eigenvalue weighted by Gasteiger charge is 2.23. The standard InChI is InChI=1S/C22H30N4O2/c1-3-5-12-23-21(27)16-26-20(4-2)24-19-11-13-25(15-18(19)22(26)28)14-17-9-7-6-8-10-17/h6-10H,3-5,11-16H2,1-2H3,(H,23,27). The summed E-state index contributed by atoms with van der Waals surface area (Å²) in [4.78, 5) is 32.5. The van der Waals surface area contributed by atoms with Gasteiger partial charge in [-0.2, -0.15) is 0 Å². The smallest absolute Gasteiger partial charge is 0.258 e. The van der Waals surface area contributed by atoms with Crippen LogP contribution in [-0.2, 0) is 37.3 Å². The van der Waals surface area contributed by atoms with Gasteiger partial charge in [0, 0.05) is 39.0 Å². The molecule has 0 aliphatic carbocycles. The molecule has 150 valence electrons. The Morgan fingerprint density at radius 3 is 2.71 bits per heavy atom. The number of hydrogen-bond donors (Lipinski definition) is 1. The lowest BCUT2D eigenvalue weighted by atomic mass is 10.1. The minimum atomic E-state index is -0.121. The highest BCUT2D eigenvalue weighted by Crippen LogP contribution is 2.17. The van der Waals surface area contributed by atoms with Crippen LogP contribution in [0.25, 0.3) is 0 Å². The number of unbranched alkanes of at least 4 members (excludes halogenated alkanes) is 1. The highest BCUT2D eigenvalue weighted by atomic mass is 16.2. The van der Waals surface area contributed by atoms with Crippen LogP contribution in [0.2, 0.25) is 0 Å². The van der Waals surface area contributed by atoms with Crippen molar-refractivity contribution in [2.24, 2.45) is 0 Å². The maximum atomic E-state index is 13.2. The van der Waals surface area contributed by atoms with Gasteiger partial charge in [0.05, 0.1) is 11.3 Å². The molecule has 0 unspecified atom stereocenters. The van der Waals surface area contributed by atoms with Crippen LogP contribution in [-0.4, -0.2) is 33.4 Å². The minimum Gasteiger partial charge on any atom is -0.355 e. The van der Waals surface area contributed by atoms with Crippen molar-refractivity contribution in [2.75, 3.05) is 13.1 Å². The Hall–Kier alpha value is -2.47. The minimum absolute atomic E-state index is 0.0463. The zero-order chi connectivity index (χ0) is 19.9. The van der Waals surface area contributed by atoms with Gasteiger partial charge in [0.15, 0.2) is 0 Å². The number of nitrogens with one attached hydrogen (secondary N) is 1. The van der Waals surface area contributed by atoms with Gasteiger partial charge in [0.1, 0.15) is 12.4 Å². The summed E-state index contributed by atoms with van der Waals surface area (Å²) in [6.07, 6.45) is 3.38. The zero-order valence-corrected chi connectivity index (χ0v) is 16.9.